The summed E-state index contributed by atoms with van der Waals surface area (Å²) in [6.07, 6.45) is 0.417. The van der Waals surface area contributed by atoms with Gasteiger partial charge in [-0.3, -0.25) is 9.69 Å². The SMILES string of the molecule is O=C(Cc1cccs1)NCCN1CCN(S(=O)(=O)c2ccccc2)CC1. The van der Waals surface area contributed by atoms with Gasteiger partial charge in [0.2, 0.25) is 15.9 Å². The van der Waals surface area contributed by atoms with E-state index >= 15 is 0 Å². The van der Waals surface area contributed by atoms with Crippen LogP contribution in [0.15, 0.2) is 52.7 Å². The highest BCUT2D eigenvalue weighted by Gasteiger charge is 2.28. The van der Waals surface area contributed by atoms with Gasteiger partial charge < -0.3 is 5.32 Å². The molecule has 140 valence electrons. The zero-order valence-corrected chi connectivity index (χ0v) is 16.1. The van der Waals surface area contributed by atoms with E-state index in [9.17, 15) is 13.2 Å². The fourth-order valence-corrected chi connectivity index (χ4v) is 5.07. The molecule has 1 N–H and O–H groups in total. The van der Waals surface area contributed by atoms with Gasteiger partial charge in [0, 0.05) is 44.1 Å². The summed E-state index contributed by atoms with van der Waals surface area (Å²) >= 11 is 1.58. The molecule has 26 heavy (non-hydrogen) atoms. The topological polar surface area (TPSA) is 69.7 Å². The minimum Gasteiger partial charge on any atom is -0.355 e. The van der Waals surface area contributed by atoms with Crippen molar-refractivity contribution in [1.82, 2.24) is 14.5 Å². The van der Waals surface area contributed by atoms with Gasteiger partial charge in [0.05, 0.1) is 11.3 Å². The Morgan fingerprint density at radius 3 is 2.42 bits per heavy atom. The highest BCUT2D eigenvalue weighted by molar-refractivity contribution is 7.89. The molecule has 8 heteroatoms. The summed E-state index contributed by atoms with van der Waals surface area (Å²) in [4.78, 5) is 15.5. The Morgan fingerprint density at radius 1 is 1.04 bits per heavy atom. The molecule has 0 bridgehead atoms. The van der Waals surface area contributed by atoms with Crippen LogP contribution in [0.25, 0.3) is 0 Å². The molecule has 2 aromatic rings. The van der Waals surface area contributed by atoms with E-state index in [0.717, 1.165) is 11.4 Å². The maximum atomic E-state index is 12.6. The van der Waals surface area contributed by atoms with E-state index in [0.29, 0.717) is 44.0 Å². The molecule has 6 nitrogen and oxygen atoms in total. The lowest BCUT2D eigenvalue weighted by atomic mass is 10.3. The van der Waals surface area contributed by atoms with Crippen molar-refractivity contribution in [1.29, 1.82) is 0 Å². The number of hydrogen-bond donors (Lipinski definition) is 1. The molecule has 2 heterocycles. The number of rotatable bonds is 7. The van der Waals surface area contributed by atoms with Crippen molar-refractivity contribution >= 4 is 27.3 Å². The smallest absolute Gasteiger partial charge is 0.243 e. The van der Waals surface area contributed by atoms with Gasteiger partial charge in [0.15, 0.2) is 0 Å². The first-order chi connectivity index (χ1) is 12.6. The standard InChI is InChI=1S/C18H23N3O3S2/c22-18(15-16-5-4-14-25-16)19-8-9-20-10-12-21(13-11-20)26(23,24)17-6-2-1-3-7-17/h1-7,14H,8-13,15H2,(H,19,22). The quantitative estimate of drug-likeness (QED) is 0.772. The van der Waals surface area contributed by atoms with Gasteiger partial charge in [-0.05, 0) is 23.6 Å². The predicted octanol–water partition coefficient (Wildman–Crippen LogP) is 1.41. The summed E-state index contributed by atoms with van der Waals surface area (Å²) in [5.41, 5.74) is 0. The van der Waals surface area contributed by atoms with E-state index < -0.39 is 10.0 Å². The lowest BCUT2D eigenvalue weighted by Gasteiger charge is -2.33. The first-order valence-corrected chi connectivity index (χ1v) is 10.9. The van der Waals surface area contributed by atoms with Crippen LogP contribution in [-0.2, 0) is 21.2 Å². The van der Waals surface area contributed by atoms with Gasteiger partial charge in [0.1, 0.15) is 0 Å². The molecule has 1 amide bonds. The molecule has 1 aliphatic heterocycles. The molecule has 1 aromatic heterocycles. The monoisotopic (exact) mass is 393 g/mol. The molecule has 1 aliphatic rings. The van der Waals surface area contributed by atoms with Crippen molar-refractivity contribution in [2.24, 2.45) is 0 Å². The second kappa shape index (κ2) is 8.77. The van der Waals surface area contributed by atoms with Crippen LogP contribution in [0.1, 0.15) is 4.88 Å². The van der Waals surface area contributed by atoms with Crippen molar-refractivity contribution < 1.29 is 13.2 Å². The van der Waals surface area contributed by atoms with Crippen LogP contribution in [0.3, 0.4) is 0 Å². The first-order valence-electron chi connectivity index (χ1n) is 8.62. The summed E-state index contributed by atoms with van der Waals surface area (Å²) in [7, 11) is -3.41. The number of piperazine rings is 1. The Morgan fingerprint density at radius 2 is 1.77 bits per heavy atom. The number of nitrogens with zero attached hydrogens (tertiary/aromatic N) is 2. The average Bonchev–Trinajstić information content (AvgIpc) is 3.16. The number of nitrogens with one attached hydrogen (secondary N) is 1. The van der Waals surface area contributed by atoms with Crippen molar-refractivity contribution in [2.75, 3.05) is 39.3 Å². The van der Waals surface area contributed by atoms with Crippen LogP contribution < -0.4 is 5.32 Å². The minimum absolute atomic E-state index is 0.0257. The number of amides is 1. The molecule has 0 spiro atoms. The van der Waals surface area contributed by atoms with Crippen LogP contribution >= 0.6 is 11.3 Å². The number of thiophene rings is 1. The van der Waals surface area contributed by atoms with Crippen molar-refractivity contribution in [3.63, 3.8) is 0 Å². The van der Waals surface area contributed by atoms with E-state index in [1.807, 2.05) is 23.6 Å². The largest absolute Gasteiger partial charge is 0.355 e. The molecule has 1 aromatic carbocycles. The van der Waals surface area contributed by atoms with E-state index in [4.69, 9.17) is 0 Å². The van der Waals surface area contributed by atoms with Gasteiger partial charge in [0.25, 0.3) is 0 Å². The molecule has 0 aliphatic carbocycles. The third-order valence-corrected chi connectivity index (χ3v) is 7.17. The van der Waals surface area contributed by atoms with Crippen molar-refractivity contribution in [3.05, 3.63) is 52.7 Å². The highest BCUT2D eigenvalue weighted by atomic mass is 32.2. The molecule has 0 saturated carbocycles. The number of carbonyl (C=O) groups is 1. The second-order valence-electron chi connectivity index (χ2n) is 6.16. The Balaban J connectivity index is 1.41. The Kier molecular flexibility index (Phi) is 6.42. The fraction of sp³-hybridized carbons (Fsp3) is 0.389. The molecular formula is C18H23N3O3S2. The van der Waals surface area contributed by atoms with E-state index in [1.165, 1.54) is 4.31 Å². The number of benzene rings is 1. The highest BCUT2D eigenvalue weighted by Crippen LogP contribution is 2.17. The van der Waals surface area contributed by atoms with Crippen molar-refractivity contribution in [2.45, 2.75) is 11.3 Å². The molecule has 0 radical (unpaired) electrons. The lowest BCUT2D eigenvalue weighted by molar-refractivity contribution is -0.120. The number of sulfonamides is 1. The lowest BCUT2D eigenvalue weighted by Crippen LogP contribution is -2.50. The fourth-order valence-electron chi connectivity index (χ4n) is 2.92. The van der Waals surface area contributed by atoms with E-state index in [-0.39, 0.29) is 5.91 Å². The predicted molar refractivity (Wildman–Crippen MR) is 103 cm³/mol. The maximum absolute atomic E-state index is 12.6. The zero-order valence-electron chi connectivity index (χ0n) is 14.5. The number of hydrogen-bond acceptors (Lipinski definition) is 5. The summed E-state index contributed by atoms with van der Waals surface area (Å²) in [6.45, 7) is 3.60. The van der Waals surface area contributed by atoms with Gasteiger partial charge in [-0.2, -0.15) is 4.31 Å². The molecule has 0 unspecified atom stereocenters. The summed E-state index contributed by atoms with van der Waals surface area (Å²) in [5, 5.41) is 4.89. The van der Waals surface area contributed by atoms with Crippen LogP contribution in [0.2, 0.25) is 0 Å². The van der Waals surface area contributed by atoms with E-state index in [2.05, 4.69) is 10.2 Å². The van der Waals surface area contributed by atoms with Crippen LogP contribution in [0.5, 0.6) is 0 Å². The third kappa shape index (κ3) is 4.91. The average molecular weight is 394 g/mol. The Hall–Kier alpha value is -1.74. The van der Waals surface area contributed by atoms with Gasteiger partial charge in [-0.15, -0.1) is 11.3 Å². The van der Waals surface area contributed by atoms with Crippen LogP contribution in [0.4, 0.5) is 0 Å². The summed E-state index contributed by atoms with van der Waals surface area (Å²) in [6, 6.07) is 12.4. The summed E-state index contributed by atoms with van der Waals surface area (Å²) < 4.78 is 26.7. The second-order valence-corrected chi connectivity index (χ2v) is 9.14. The Bertz CT molecular complexity index is 799. The molecule has 0 atom stereocenters. The zero-order chi connectivity index (χ0) is 18.4. The normalized spacial score (nSPS) is 16.5. The molecule has 1 fully saturated rings. The van der Waals surface area contributed by atoms with Crippen molar-refractivity contribution in [3.8, 4) is 0 Å². The minimum atomic E-state index is -3.41. The van der Waals surface area contributed by atoms with E-state index in [1.54, 1.807) is 35.6 Å². The number of carbonyl (C=O) groups excluding carboxylic acids is 1. The Labute approximate surface area is 158 Å². The molecular weight excluding hydrogens is 370 g/mol. The van der Waals surface area contributed by atoms with Crippen LogP contribution in [-0.4, -0.2) is 62.8 Å². The first kappa shape index (κ1) is 19.0. The third-order valence-electron chi connectivity index (χ3n) is 4.38. The van der Waals surface area contributed by atoms with Gasteiger partial charge >= 0.3 is 0 Å². The summed E-state index contributed by atoms with van der Waals surface area (Å²) in [5.74, 6) is 0.0257. The molecule has 3 rings (SSSR count). The van der Waals surface area contributed by atoms with Gasteiger partial charge in [-0.1, -0.05) is 24.3 Å². The van der Waals surface area contributed by atoms with Gasteiger partial charge in [-0.25, -0.2) is 8.42 Å². The van der Waals surface area contributed by atoms with Crippen LogP contribution in [0, 0.1) is 0 Å². The molecule has 1 saturated heterocycles. The maximum Gasteiger partial charge on any atom is 0.243 e.